The van der Waals surface area contributed by atoms with Crippen LogP contribution in [0, 0.1) is 17.0 Å². The number of nitrogens with zero attached hydrogens (tertiary/aromatic N) is 1. The molecule has 0 saturated heterocycles. The lowest BCUT2D eigenvalue weighted by molar-refractivity contribution is -0.431. The molecule has 10 heteroatoms. The molecule has 0 spiro atoms. The number of hydrogen-bond acceptors (Lipinski definition) is 8. The van der Waals surface area contributed by atoms with E-state index in [4.69, 9.17) is 8.92 Å². The molecule has 0 radical (unpaired) electrons. The summed E-state index contributed by atoms with van der Waals surface area (Å²) in [5.74, 6) is -2.10. The number of nitrogens with one attached hydrogen (secondary N) is 1. The highest BCUT2D eigenvalue weighted by Gasteiger charge is 2.42. The molecule has 0 aromatic heterocycles. The van der Waals surface area contributed by atoms with E-state index in [0.717, 1.165) is 5.56 Å². The van der Waals surface area contributed by atoms with Crippen molar-refractivity contribution in [2.75, 3.05) is 7.11 Å². The Kier molecular flexibility index (Phi) is 6.35. The van der Waals surface area contributed by atoms with Gasteiger partial charge in [-0.2, -0.15) is 8.42 Å². The number of nitro groups is 1. The van der Waals surface area contributed by atoms with Gasteiger partial charge in [0.15, 0.2) is 0 Å². The molecule has 1 aliphatic rings. The average molecular weight is 458 g/mol. The number of carbonyl (C=O) groups excluding carboxylic acids is 1. The van der Waals surface area contributed by atoms with Crippen LogP contribution in [0.15, 0.2) is 76.1 Å². The molecule has 2 aromatic rings. The Morgan fingerprint density at radius 3 is 2.25 bits per heavy atom. The molecule has 3 rings (SSSR count). The van der Waals surface area contributed by atoms with Crippen molar-refractivity contribution in [3.63, 3.8) is 0 Å². The van der Waals surface area contributed by atoms with Crippen LogP contribution in [0.1, 0.15) is 30.9 Å². The molecule has 9 nitrogen and oxygen atoms in total. The highest BCUT2D eigenvalue weighted by molar-refractivity contribution is 7.87. The predicted octanol–water partition coefficient (Wildman–Crippen LogP) is 3.40. The molecule has 0 bridgehead atoms. The number of methoxy groups -OCH3 is 1. The van der Waals surface area contributed by atoms with Gasteiger partial charge in [-0.15, -0.1) is 0 Å². The van der Waals surface area contributed by atoms with Crippen LogP contribution in [0.5, 0.6) is 5.75 Å². The van der Waals surface area contributed by atoms with Crippen LogP contribution >= 0.6 is 0 Å². The minimum atomic E-state index is -4.23. The third-order valence-electron chi connectivity index (χ3n) is 5.07. The summed E-state index contributed by atoms with van der Waals surface area (Å²) in [7, 11) is -3.07. The van der Waals surface area contributed by atoms with E-state index in [1.807, 2.05) is 6.92 Å². The molecule has 2 aromatic carbocycles. The number of hydrogen-bond donors (Lipinski definition) is 1. The average Bonchev–Trinajstić information content (AvgIpc) is 2.73. The Hall–Kier alpha value is -3.66. The molecule has 168 valence electrons. The zero-order valence-corrected chi connectivity index (χ0v) is 18.7. The Labute approximate surface area is 185 Å². The number of carbonyl (C=O) groups is 1. The fourth-order valence-electron chi connectivity index (χ4n) is 3.57. The first-order valence-corrected chi connectivity index (χ1v) is 11.0. The van der Waals surface area contributed by atoms with Crippen molar-refractivity contribution >= 4 is 16.1 Å². The number of rotatable bonds is 6. The summed E-state index contributed by atoms with van der Waals surface area (Å²) in [6.45, 7) is 4.92. The molecular formula is C22H22N2O7S. The number of allylic oxidation sites excluding steroid dienone is 3. The van der Waals surface area contributed by atoms with Gasteiger partial charge in [-0.25, -0.2) is 4.79 Å². The van der Waals surface area contributed by atoms with Gasteiger partial charge in [-0.3, -0.25) is 10.1 Å². The smallest absolute Gasteiger partial charge is 0.339 e. The second kappa shape index (κ2) is 8.83. The van der Waals surface area contributed by atoms with Gasteiger partial charge in [-0.05, 0) is 39.0 Å². The molecule has 1 N–H and O–H groups in total. The molecule has 0 amide bonds. The van der Waals surface area contributed by atoms with Gasteiger partial charge in [0.1, 0.15) is 16.6 Å². The van der Waals surface area contributed by atoms with Crippen LogP contribution in [0.4, 0.5) is 0 Å². The SMILES string of the molecule is COC(=O)C1=C(C)NC(C)=C([N+](=O)[O-])C1c1ccccc1OS(=O)(=O)c1ccc(C)cc1. The van der Waals surface area contributed by atoms with Gasteiger partial charge in [0.25, 0.3) is 5.70 Å². The second-order valence-corrected chi connectivity index (χ2v) is 8.79. The Morgan fingerprint density at radius 1 is 1.03 bits per heavy atom. The first-order valence-electron chi connectivity index (χ1n) is 9.58. The minimum Gasteiger partial charge on any atom is -0.466 e. The van der Waals surface area contributed by atoms with Crippen LogP contribution in [0.3, 0.4) is 0 Å². The Bertz CT molecular complexity index is 1250. The maximum absolute atomic E-state index is 12.9. The predicted molar refractivity (Wildman–Crippen MR) is 116 cm³/mol. The van der Waals surface area contributed by atoms with Gasteiger partial charge >= 0.3 is 16.1 Å². The highest BCUT2D eigenvalue weighted by atomic mass is 32.2. The lowest BCUT2D eigenvalue weighted by Gasteiger charge is -2.27. The van der Waals surface area contributed by atoms with E-state index in [2.05, 4.69) is 5.32 Å². The number of dihydropyridines is 1. The standard InChI is InChI=1S/C22H22N2O7S/c1-13-9-11-16(12-10-13)32(28,29)31-18-8-6-5-7-17(18)20-19(22(25)30-4)14(2)23-15(3)21(20)24(26)27/h5-12,20,23H,1-4H3. The highest BCUT2D eigenvalue weighted by Crippen LogP contribution is 2.42. The van der Waals surface area contributed by atoms with Crippen molar-refractivity contribution in [2.45, 2.75) is 31.6 Å². The third-order valence-corrected chi connectivity index (χ3v) is 6.31. The molecular weight excluding hydrogens is 436 g/mol. The summed E-state index contributed by atoms with van der Waals surface area (Å²) in [4.78, 5) is 23.8. The van der Waals surface area contributed by atoms with E-state index in [1.54, 1.807) is 31.2 Å². The van der Waals surface area contributed by atoms with Crippen molar-refractivity contribution in [1.82, 2.24) is 5.32 Å². The Morgan fingerprint density at radius 2 is 1.66 bits per heavy atom. The van der Waals surface area contributed by atoms with E-state index in [0.29, 0.717) is 5.70 Å². The van der Waals surface area contributed by atoms with E-state index in [9.17, 15) is 23.3 Å². The second-order valence-electron chi connectivity index (χ2n) is 7.24. The number of esters is 1. The molecule has 0 saturated carbocycles. The molecule has 1 aliphatic heterocycles. The van der Waals surface area contributed by atoms with Gasteiger partial charge in [0.05, 0.1) is 23.3 Å². The lowest BCUT2D eigenvalue weighted by atomic mass is 9.83. The Balaban J connectivity index is 2.18. The minimum absolute atomic E-state index is 0.00594. The zero-order chi connectivity index (χ0) is 23.6. The normalized spacial score (nSPS) is 16.4. The van der Waals surface area contributed by atoms with Gasteiger partial charge in [-0.1, -0.05) is 35.9 Å². The van der Waals surface area contributed by atoms with E-state index < -0.39 is 26.9 Å². The van der Waals surface area contributed by atoms with Crippen molar-refractivity contribution in [2.24, 2.45) is 0 Å². The summed E-state index contributed by atoms with van der Waals surface area (Å²) in [5, 5.41) is 14.8. The van der Waals surface area contributed by atoms with E-state index >= 15 is 0 Å². The van der Waals surface area contributed by atoms with Crippen LogP contribution in [-0.4, -0.2) is 26.4 Å². The maximum atomic E-state index is 12.9. The van der Waals surface area contributed by atoms with Crippen molar-refractivity contribution in [3.8, 4) is 5.75 Å². The van der Waals surface area contributed by atoms with Crippen molar-refractivity contribution in [1.29, 1.82) is 0 Å². The monoisotopic (exact) mass is 458 g/mol. The topological polar surface area (TPSA) is 125 Å². The quantitative estimate of drug-likeness (QED) is 0.302. The maximum Gasteiger partial charge on any atom is 0.339 e. The summed E-state index contributed by atoms with van der Waals surface area (Å²) in [6, 6.07) is 12.1. The molecule has 1 unspecified atom stereocenters. The van der Waals surface area contributed by atoms with Crippen molar-refractivity contribution in [3.05, 3.63) is 92.4 Å². The number of benzene rings is 2. The van der Waals surface area contributed by atoms with Crippen molar-refractivity contribution < 1.29 is 27.1 Å². The number of ether oxygens (including phenoxy) is 1. The third kappa shape index (κ3) is 4.35. The van der Waals surface area contributed by atoms with Gasteiger partial charge in [0, 0.05) is 11.3 Å². The number of aryl methyl sites for hydroxylation is 1. The summed E-state index contributed by atoms with van der Waals surface area (Å²) < 4.78 is 36.0. The van der Waals surface area contributed by atoms with Crippen LogP contribution in [0.25, 0.3) is 0 Å². The first-order chi connectivity index (χ1) is 15.1. The van der Waals surface area contributed by atoms with Crippen LogP contribution in [0.2, 0.25) is 0 Å². The van der Waals surface area contributed by atoms with E-state index in [1.165, 1.54) is 38.3 Å². The molecule has 0 aliphatic carbocycles. The fourth-order valence-corrected chi connectivity index (χ4v) is 4.53. The van der Waals surface area contributed by atoms with Gasteiger partial charge in [0.2, 0.25) is 0 Å². The van der Waals surface area contributed by atoms with Gasteiger partial charge < -0.3 is 14.2 Å². The zero-order valence-electron chi connectivity index (χ0n) is 17.9. The summed E-state index contributed by atoms with van der Waals surface area (Å²) >= 11 is 0. The largest absolute Gasteiger partial charge is 0.466 e. The van der Waals surface area contributed by atoms with Crippen LogP contribution < -0.4 is 9.50 Å². The molecule has 1 atom stereocenters. The summed E-state index contributed by atoms with van der Waals surface area (Å²) in [5.41, 5.74) is 1.30. The lowest BCUT2D eigenvalue weighted by Crippen LogP contribution is -2.31. The molecule has 1 heterocycles. The molecule has 32 heavy (non-hydrogen) atoms. The first kappa shape index (κ1) is 23.0. The van der Waals surface area contributed by atoms with E-state index in [-0.39, 0.29) is 33.2 Å². The molecule has 0 fully saturated rings. The summed E-state index contributed by atoms with van der Waals surface area (Å²) in [6.07, 6.45) is 0. The fraction of sp³-hybridized carbons (Fsp3) is 0.227. The van der Waals surface area contributed by atoms with Crippen LogP contribution in [-0.2, 0) is 19.6 Å². The number of para-hydroxylation sites is 1.